The van der Waals surface area contributed by atoms with Crippen molar-refractivity contribution in [1.82, 2.24) is 9.55 Å². The van der Waals surface area contributed by atoms with Gasteiger partial charge in [-0.05, 0) is 19.1 Å². The number of aryl methyl sites for hydroxylation is 1. The normalized spacial score (nSPS) is 25.8. The maximum absolute atomic E-state index is 12.0. The summed E-state index contributed by atoms with van der Waals surface area (Å²) in [7, 11) is 3.33. The van der Waals surface area contributed by atoms with E-state index in [9.17, 15) is 4.79 Å². The van der Waals surface area contributed by atoms with E-state index in [-0.39, 0.29) is 24.0 Å². The molecule has 114 valence electrons. The zero-order chi connectivity index (χ0) is 15.0. The smallest absolute Gasteiger partial charge is 0.257 e. The molecule has 3 atom stereocenters. The molecule has 0 spiro atoms. The second-order valence-corrected chi connectivity index (χ2v) is 5.40. The molecule has 0 radical (unpaired) electrons. The van der Waals surface area contributed by atoms with Crippen LogP contribution in [-0.4, -0.2) is 42.6 Å². The molecule has 2 aromatic rings. The Morgan fingerprint density at radius 3 is 3.00 bits per heavy atom. The number of hydrogen-bond acceptors (Lipinski definition) is 4. The van der Waals surface area contributed by atoms with Crippen LogP contribution in [0.4, 0.5) is 0 Å². The molecule has 0 saturated carbocycles. The molecule has 1 saturated heterocycles. The summed E-state index contributed by atoms with van der Waals surface area (Å²) in [6.45, 7) is 2.37. The van der Waals surface area contributed by atoms with Gasteiger partial charge in [0.25, 0.3) is 5.56 Å². The Kier molecular flexibility index (Phi) is 3.84. The zero-order valence-electron chi connectivity index (χ0n) is 12.5. The van der Waals surface area contributed by atoms with Crippen LogP contribution in [0.15, 0.2) is 23.1 Å². The Labute approximate surface area is 122 Å². The molecule has 2 aromatic heterocycles. The molecule has 3 heterocycles. The molecule has 0 amide bonds. The molecular weight excluding hydrogens is 272 g/mol. The lowest BCUT2D eigenvalue weighted by molar-refractivity contribution is -0.0595. The monoisotopic (exact) mass is 292 g/mol. The van der Waals surface area contributed by atoms with E-state index in [0.29, 0.717) is 12.0 Å². The molecule has 6 nitrogen and oxygen atoms in total. The second kappa shape index (κ2) is 5.63. The highest BCUT2D eigenvalue weighted by atomic mass is 16.6. The van der Waals surface area contributed by atoms with Crippen molar-refractivity contribution in [3.05, 3.63) is 34.4 Å². The van der Waals surface area contributed by atoms with Gasteiger partial charge in [-0.15, -0.1) is 0 Å². The quantitative estimate of drug-likeness (QED) is 0.929. The number of ether oxygens (including phenoxy) is 3. The van der Waals surface area contributed by atoms with Gasteiger partial charge < -0.3 is 23.8 Å². The maximum atomic E-state index is 12.0. The number of hydrogen-bond donors (Lipinski definition) is 1. The van der Waals surface area contributed by atoms with E-state index in [2.05, 4.69) is 4.98 Å². The fourth-order valence-corrected chi connectivity index (χ4v) is 2.98. The van der Waals surface area contributed by atoms with Crippen LogP contribution in [0.2, 0.25) is 0 Å². The summed E-state index contributed by atoms with van der Waals surface area (Å²) < 4.78 is 18.7. The van der Waals surface area contributed by atoms with Crippen molar-refractivity contribution in [2.45, 2.75) is 31.8 Å². The van der Waals surface area contributed by atoms with Gasteiger partial charge in [-0.2, -0.15) is 0 Å². The summed E-state index contributed by atoms with van der Waals surface area (Å²) in [6.07, 6.45) is 2.39. The van der Waals surface area contributed by atoms with Crippen LogP contribution < -0.4 is 5.56 Å². The largest absolute Gasteiger partial charge is 0.382 e. The Morgan fingerprint density at radius 2 is 2.29 bits per heavy atom. The minimum Gasteiger partial charge on any atom is -0.382 e. The molecule has 1 fully saturated rings. The van der Waals surface area contributed by atoms with E-state index in [0.717, 1.165) is 17.6 Å². The van der Waals surface area contributed by atoms with Crippen molar-refractivity contribution >= 4 is 10.9 Å². The van der Waals surface area contributed by atoms with E-state index in [4.69, 9.17) is 14.2 Å². The molecule has 6 heteroatoms. The van der Waals surface area contributed by atoms with E-state index < -0.39 is 0 Å². The van der Waals surface area contributed by atoms with Gasteiger partial charge in [0.2, 0.25) is 0 Å². The Balaban J connectivity index is 1.96. The van der Waals surface area contributed by atoms with Crippen molar-refractivity contribution in [3.8, 4) is 0 Å². The van der Waals surface area contributed by atoms with Gasteiger partial charge in [0.15, 0.2) is 0 Å². The highest BCUT2D eigenvalue weighted by Crippen LogP contribution is 2.33. The predicted octanol–water partition coefficient (Wildman–Crippen LogP) is 1.59. The molecule has 0 aliphatic carbocycles. The van der Waals surface area contributed by atoms with Crippen LogP contribution in [0.25, 0.3) is 10.9 Å². The summed E-state index contributed by atoms with van der Waals surface area (Å²) in [5, 5.41) is 0.674. The van der Waals surface area contributed by atoms with Gasteiger partial charge in [0.1, 0.15) is 12.3 Å². The third kappa shape index (κ3) is 2.50. The number of rotatable bonds is 4. The first-order valence-corrected chi connectivity index (χ1v) is 7.01. The predicted molar refractivity (Wildman–Crippen MR) is 78.5 cm³/mol. The average molecular weight is 292 g/mol. The first-order chi connectivity index (χ1) is 10.1. The van der Waals surface area contributed by atoms with Crippen LogP contribution in [0.3, 0.4) is 0 Å². The fourth-order valence-electron chi connectivity index (χ4n) is 2.98. The van der Waals surface area contributed by atoms with Gasteiger partial charge in [-0.25, -0.2) is 0 Å². The van der Waals surface area contributed by atoms with Crippen LogP contribution in [0.1, 0.15) is 18.3 Å². The van der Waals surface area contributed by atoms with E-state index in [1.165, 1.54) is 0 Å². The number of H-pyrrole nitrogens is 1. The zero-order valence-corrected chi connectivity index (χ0v) is 12.5. The van der Waals surface area contributed by atoms with Gasteiger partial charge in [-0.1, -0.05) is 0 Å². The molecule has 1 N–H and O–H groups in total. The molecule has 0 bridgehead atoms. The van der Waals surface area contributed by atoms with Gasteiger partial charge in [0.05, 0.1) is 23.6 Å². The van der Waals surface area contributed by atoms with Crippen LogP contribution in [0, 0.1) is 6.92 Å². The number of nitrogens with one attached hydrogen (secondary N) is 1. The number of aromatic nitrogens is 2. The maximum Gasteiger partial charge on any atom is 0.257 e. The highest BCUT2D eigenvalue weighted by molar-refractivity contribution is 5.79. The molecule has 0 aromatic carbocycles. The van der Waals surface area contributed by atoms with Crippen LogP contribution in [-0.2, 0) is 14.2 Å². The fraction of sp³-hybridized carbons (Fsp3) is 0.533. The molecule has 21 heavy (non-hydrogen) atoms. The first kappa shape index (κ1) is 14.3. The van der Waals surface area contributed by atoms with Gasteiger partial charge in [0, 0.05) is 32.5 Å². The van der Waals surface area contributed by atoms with Crippen molar-refractivity contribution in [3.63, 3.8) is 0 Å². The molecule has 1 aliphatic heterocycles. The van der Waals surface area contributed by atoms with Crippen molar-refractivity contribution in [1.29, 1.82) is 0 Å². The summed E-state index contributed by atoms with van der Waals surface area (Å²) in [5.74, 6) is 0. The summed E-state index contributed by atoms with van der Waals surface area (Å²) >= 11 is 0. The molecular formula is C15H20N2O4. The topological polar surface area (TPSA) is 65.5 Å². The lowest BCUT2D eigenvalue weighted by atomic mass is 10.2. The molecule has 3 rings (SSSR count). The molecule has 1 aliphatic rings. The molecule has 2 unspecified atom stereocenters. The van der Waals surface area contributed by atoms with E-state index >= 15 is 0 Å². The average Bonchev–Trinajstić information content (AvgIpc) is 3.02. The summed E-state index contributed by atoms with van der Waals surface area (Å²) in [5.41, 5.74) is 1.65. The Bertz CT molecular complexity index is 691. The summed E-state index contributed by atoms with van der Waals surface area (Å²) in [4.78, 5) is 14.8. The van der Waals surface area contributed by atoms with E-state index in [1.807, 2.05) is 29.8 Å². The highest BCUT2D eigenvalue weighted by Gasteiger charge is 2.36. The Hall–Kier alpha value is -1.63. The lowest BCUT2D eigenvalue weighted by Gasteiger charge is -2.16. The number of fused-ring (bicyclic) bond motifs is 1. The number of pyridine rings is 1. The number of nitrogens with zero attached hydrogens (tertiary/aromatic N) is 1. The second-order valence-electron chi connectivity index (χ2n) is 5.40. The van der Waals surface area contributed by atoms with Gasteiger partial charge >= 0.3 is 0 Å². The number of methoxy groups -OCH3 is 2. The minimum atomic E-state index is -0.145. The third-order valence-electron chi connectivity index (χ3n) is 3.99. The Morgan fingerprint density at radius 1 is 1.48 bits per heavy atom. The van der Waals surface area contributed by atoms with Crippen molar-refractivity contribution in [2.24, 2.45) is 0 Å². The standard InChI is InChI=1S/C15H20N2O4/c1-9-6-11-10(15(18)16-9)4-5-17(11)14-7-12(20-3)13(21-14)8-19-2/h4-6,12-14H,7-8H2,1-3H3,(H,16,18)/t12-,13?,14?/m1/s1. The van der Waals surface area contributed by atoms with E-state index in [1.54, 1.807) is 14.2 Å². The SMILES string of the molecule is COCC1OC(n2ccc3c(=O)[nH]c(C)cc32)C[C@H]1OC. The van der Waals surface area contributed by atoms with Crippen molar-refractivity contribution < 1.29 is 14.2 Å². The first-order valence-electron chi connectivity index (χ1n) is 7.01. The van der Waals surface area contributed by atoms with Gasteiger partial charge in [-0.3, -0.25) is 4.79 Å². The lowest BCUT2D eigenvalue weighted by Crippen LogP contribution is -2.27. The number of aromatic amines is 1. The minimum absolute atomic E-state index is 0.00417. The van der Waals surface area contributed by atoms with Crippen LogP contribution >= 0.6 is 0 Å². The van der Waals surface area contributed by atoms with Crippen molar-refractivity contribution in [2.75, 3.05) is 20.8 Å². The van der Waals surface area contributed by atoms with Crippen LogP contribution in [0.5, 0.6) is 0 Å². The third-order valence-corrected chi connectivity index (χ3v) is 3.99. The summed E-state index contributed by atoms with van der Waals surface area (Å²) in [6, 6.07) is 3.79.